The van der Waals surface area contributed by atoms with Gasteiger partial charge in [0, 0.05) is 15.5 Å². The number of hydrogen-bond donors (Lipinski definition) is 1. The Labute approximate surface area is 105 Å². The fourth-order valence-electron chi connectivity index (χ4n) is 1.57. The first kappa shape index (κ1) is 11.6. The van der Waals surface area contributed by atoms with Crippen molar-refractivity contribution in [2.24, 2.45) is 0 Å². The van der Waals surface area contributed by atoms with Crippen molar-refractivity contribution in [2.45, 2.75) is 17.9 Å². The first-order valence-corrected chi connectivity index (χ1v) is 7.34. The molecular weight excluding hydrogens is 234 g/mol. The molecule has 1 atom stereocenters. The van der Waals surface area contributed by atoms with Crippen molar-refractivity contribution in [3.8, 4) is 0 Å². The van der Waals surface area contributed by atoms with E-state index < -0.39 is 0 Å². The van der Waals surface area contributed by atoms with E-state index in [1.54, 1.807) is 23.1 Å². The average molecular weight is 249 g/mol. The summed E-state index contributed by atoms with van der Waals surface area (Å²) < 4.78 is 0. The van der Waals surface area contributed by atoms with Gasteiger partial charge in [-0.3, -0.25) is 0 Å². The van der Waals surface area contributed by atoms with Crippen LogP contribution in [0.3, 0.4) is 0 Å². The second-order valence-electron chi connectivity index (χ2n) is 3.61. The Balaban J connectivity index is 2.08. The Kier molecular flexibility index (Phi) is 3.91. The first-order valence-electron chi connectivity index (χ1n) is 5.23. The van der Waals surface area contributed by atoms with Crippen LogP contribution in [0, 0.1) is 0 Å². The van der Waals surface area contributed by atoms with E-state index in [2.05, 4.69) is 60.3 Å². The quantitative estimate of drug-likeness (QED) is 0.792. The van der Waals surface area contributed by atoms with Crippen LogP contribution in [0.5, 0.6) is 0 Å². The average Bonchev–Trinajstić information content (AvgIpc) is 2.83. The molecule has 0 saturated heterocycles. The van der Waals surface area contributed by atoms with Crippen LogP contribution in [0.4, 0.5) is 5.69 Å². The summed E-state index contributed by atoms with van der Waals surface area (Å²) in [6.45, 7) is 2.19. The largest absolute Gasteiger partial charge is 0.378 e. The van der Waals surface area contributed by atoms with Gasteiger partial charge in [-0.15, -0.1) is 23.1 Å². The number of nitrogens with one attached hydrogen (secondary N) is 1. The minimum atomic E-state index is 0.372. The molecule has 0 saturated carbocycles. The van der Waals surface area contributed by atoms with Crippen LogP contribution in [0.1, 0.15) is 17.8 Å². The van der Waals surface area contributed by atoms with Gasteiger partial charge in [0.15, 0.2) is 0 Å². The molecular formula is C13H15NS2. The van der Waals surface area contributed by atoms with E-state index in [0.29, 0.717) is 6.04 Å². The van der Waals surface area contributed by atoms with Gasteiger partial charge in [0.05, 0.1) is 6.04 Å². The highest BCUT2D eigenvalue weighted by molar-refractivity contribution is 7.98. The number of hydrogen-bond acceptors (Lipinski definition) is 3. The van der Waals surface area contributed by atoms with Crippen molar-refractivity contribution in [3.05, 3.63) is 46.7 Å². The summed E-state index contributed by atoms with van der Waals surface area (Å²) in [7, 11) is 0. The Hall–Kier alpha value is -0.930. The fraction of sp³-hybridized carbons (Fsp3) is 0.231. The predicted octanol–water partition coefficient (Wildman–Crippen LogP) is 4.64. The first-order chi connectivity index (χ1) is 7.79. The molecule has 2 aromatic rings. The summed E-state index contributed by atoms with van der Waals surface area (Å²) in [5.74, 6) is 0. The summed E-state index contributed by atoms with van der Waals surface area (Å²) in [5, 5.41) is 5.63. The molecule has 0 aliphatic carbocycles. The zero-order valence-electron chi connectivity index (χ0n) is 9.44. The van der Waals surface area contributed by atoms with E-state index in [4.69, 9.17) is 0 Å². The molecule has 0 amide bonds. The van der Waals surface area contributed by atoms with Gasteiger partial charge >= 0.3 is 0 Å². The van der Waals surface area contributed by atoms with Crippen molar-refractivity contribution in [3.63, 3.8) is 0 Å². The highest BCUT2D eigenvalue weighted by Crippen LogP contribution is 2.25. The molecule has 0 aliphatic rings. The Morgan fingerprint density at radius 3 is 2.81 bits per heavy atom. The predicted molar refractivity (Wildman–Crippen MR) is 74.6 cm³/mol. The minimum Gasteiger partial charge on any atom is -0.378 e. The zero-order chi connectivity index (χ0) is 11.4. The maximum absolute atomic E-state index is 3.52. The minimum absolute atomic E-state index is 0.372. The summed E-state index contributed by atoms with van der Waals surface area (Å²) >= 11 is 3.56. The van der Waals surface area contributed by atoms with Gasteiger partial charge in [-0.2, -0.15) is 0 Å². The summed E-state index contributed by atoms with van der Waals surface area (Å²) in [6.07, 6.45) is 2.10. The summed E-state index contributed by atoms with van der Waals surface area (Å²) in [5.41, 5.74) is 1.19. The second kappa shape index (κ2) is 5.41. The van der Waals surface area contributed by atoms with Gasteiger partial charge in [0.1, 0.15) is 0 Å². The lowest BCUT2D eigenvalue weighted by Gasteiger charge is -2.14. The van der Waals surface area contributed by atoms with Crippen molar-refractivity contribution < 1.29 is 0 Å². The Bertz CT molecular complexity index is 437. The zero-order valence-corrected chi connectivity index (χ0v) is 11.1. The molecule has 0 aliphatic heterocycles. The van der Waals surface area contributed by atoms with Crippen LogP contribution in [0.2, 0.25) is 0 Å². The lowest BCUT2D eigenvalue weighted by molar-refractivity contribution is 0.907. The standard InChI is InChI=1S/C13H15NS2/c1-10(13-7-4-8-16-13)14-11-5-3-6-12(9-11)15-2/h3-10,14H,1-2H3. The molecule has 0 bridgehead atoms. The third-order valence-electron chi connectivity index (χ3n) is 2.42. The number of thiophene rings is 1. The normalized spacial score (nSPS) is 12.4. The highest BCUT2D eigenvalue weighted by atomic mass is 32.2. The van der Waals surface area contributed by atoms with Crippen LogP contribution in [0.25, 0.3) is 0 Å². The molecule has 3 heteroatoms. The fourth-order valence-corrected chi connectivity index (χ4v) is 2.77. The van der Waals surface area contributed by atoms with Crippen molar-refractivity contribution in [2.75, 3.05) is 11.6 Å². The van der Waals surface area contributed by atoms with Gasteiger partial charge in [-0.05, 0) is 42.8 Å². The summed E-state index contributed by atoms with van der Waals surface area (Å²) in [6, 6.07) is 13.2. The molecule has 1 unspecified atom stereocenters. The topological polar surface area (TPSA) is 12.0 Å². The van der Waals surface area contributed by atoms with Crippen LogP contribution in [-0.2, 0) is 0 Å². The van der Waals surface area contributed by atoms with Gasteiger partial charge in [-0.25, -0.2) is 0 Å². The van der Waals surface area contributed by atoms with Gasteiger partial charge in [-0.1, -0.05) is 12.1 Å². The molecule has 16 heavy (non-hydrogen) atoms. The maximum atomic E-state index is 3.52. The van der Waals surface area contributed by atoms with E-state index in [0.717, 1.165) is 0 Å². The smallest absolute Gasteiger partial charge is 0.0578 e. The van der Waals surface area contributed by atoms with Gasteiger partial charge in [0.25, 0.3) is 0 Å². The maximum Gasteiger partial charge on any atom is 0.0578 e. The monoisotopic (exact) mass is 249 g/mol. The van der Waals surface area contributed by atoms with Gasteiger partial charge < -0.3 is 5.32 Å². The molecule has 0 radical (unpaired) electrons. The van der Waals surface area contributed by atoms with Crippen LogP contribution < -0.4 is 5.32 Å². The van der Waals surface area contributed by atoms with E-state index >= 15 is 0 Å². The number of anilines is 1. The van der Waals surface area contributed by atoms with E-state index in [-0.39, 0.29) is 0 Å². The number of thioether (sulfide) groups is 1. The van der Waals surface area contributed by atoms with Crippen molar-refractivity contribution in [1.29, 1.82) is 0 Å². The molecule has 0 fully saturated rings. The van der Waals surface area contributed by atoms with Crippen LogP contribution in [-0.4, -0.2) is 6.26 Å². The molecule has 1 N–H and O–H groups in total. The Morgan fingerprint density at radius 2 is 2.12 bits per heavy atom. The van der Waals surface area contributed by atoms with E-state index in [1.807, 2.05) is 0 Å². The number of rotatable bonds is 4. The van der Waals surface area contributed by atoms with Crippen LogP contribution >= 0.6 is 23.1 Å². The van der Waals surface area contributed by atoms with Crippen molar-refractivity contribution >= 4 is 28.8 Å². The van der Waals surface area contributed by atoms with Gasteiger partial charge in [0.2, 0.25) is 0 Å². The third kappa shape index (κ3) is 2.80. The lowest BCUT2D eigenvalue weighted by atomic mass is 10.2. The molecule has 84 valence electrons. The molecule has 1 heterocycles. The molecule has 1 nitrogen and oxygen atoms in total. The number of benzene rings is 1. The molecule has 0 spiro atoms. The van der Waals surface area contributed by atoms with Crippen molar-refractivity contribution in [1.82, 2.24) is 0 Å². The van der Waals surface area contributed by atoms with Crippen LogP contribution in [0.15, 0.2) is 46.7 Å². The molecule has 2 rings (SSSR count). The summed E-state index contributed by atoms with van der Waals surface area (Å²) in [4.78, 5) is 2.66. The van der Waals surface area contributed by atoms with E-state index in [1.165, 1.54) is 15.5 Å². The molecule has 1 aromatic heterocycles. The van der Waals surface area contributed by atoms with E-state index in [9.17, 15) is 0 Å². The second-order valence-corrected chi connectivity index (χ2v) is 5.47. The lowest BCUT2D eigenvalue weighted by Crippen LogP contribution is -2.04. The highest BCUT2D eigenvalue weighted by Gasteiger charge is 2.05. The third-order valence-corrected chi connectivity index (χ3v) is 4.20. The molecule has 1 aromatic carbocycles. The Morgan fingerprint density at radius 1 is 1.25 bits per heavy atom. The SMILES string of the molecule is CSc1cccc(NC(C)c2cccs2)c1.